The van der Waals surface area contributed by atoms with Crippen molar-refractivity contribution in [2.24, 2.45) is 0 Å². The molecule has 0 unspecified atom stereocenters. The first-order valence-corrected chi connectivity index (χ1v) is 11.4. The average molecular weight is 489 g/mol. The number of benzene rings is 3. The Morgan fingerprint density at radius 3 is 2.40 bits per heavy atom. The number of urea groups is 1. The van der Waals surface area contributed by atoms with Crippen molar-refractivity contribution in [3.63, 3.8) is 0 Å². The van der Waals surface area contributed by atoms with Crippen LogP contribution < -0.4 is 9.21 Å². The van der Waals surface area contributed by atoms with E-state index in [1.807, 2.05) is 13.0 Å². The molecule has 30 heavy (non-hydrogen) atoms. The van der Waals surface area contributed by atoms with Gasteiger partial charge in [-0.1, -0.05) is 46.3 Å². The third kappa shape index (κ3) is 3.30. The highest BCUT2D eigenvalue weighted by Crippen LogP contribution is 2.39. The van der Waals surface area contributed by atoms with Gasteiger partial charge in [0.15, 0.2) is 0 Å². The first kappa shape index (κ1) is 20.6. The minimum absolute atomic E-state index is 0.00280. The van der Waals surface area contributed by atoms with Crippen LogP contribution in [0.3, 0.4) is 0 Å². The number of carbonyl (C=O) groups excluding carboxylic acids is 1. The number of rotatable bonds is 3. The number of carbonyl (C=O) groups is 1. The van der Waals surface area contributed by atoms with Gasteiger partial charge < -0.3 is 0 Å². The predicted molar refractivity (Wildman–Crippen MR) is 118 cm³/mol. The maximum atomic E-state index is 14.5. The third-order valence-electron chi connectivity index (χ3n) is 5.22. The molecule has 0 atom stereocenters. The van der Waals surface area contributed by atoms with E-state index in [9.17, 15) is 17.6 Å². The Labute approximate surface area is 182 Å². The first-order chi connectivity index (χ1) is 14.2. The quantitative estimate of drug-likeness (QED) is 0.486. The lowest BCUT2D eigenvalue weighted by atomic mass is 10.1. The molecule has 5 nitrogen and oxygen atoms in total. The van der Waals surface area contributed by atoms with Crippen molar-refractivity contribution < 1.29 is 17.6 Å². The van der Waals surface area contributed by atoms with Crippen LogP contribution in [0.2, 0.25) is 0 Å². The molecule has 0 N–H and O–H groups in total. The van der Waals surface area contributed by atoms with Gasteiger partial charge in [0.25, 0.3) is 10.0 Å². The maximum Gasteiger partial charge on any atom is 0.343 e. The normalized spacial score (nSPS) is 15.3. The fourth-order valence-corrected chi connectivity index (χ4v) is 5.46. The summed E-state index contributed by atoms with van der Waals surface area (Å²) in [7, 11) is -4.13. The number of amides is 2. The number of halogens is 2. The molecule has 0 spiro atoms. The van der Waals surface area contributed by atoms with Crippen molar-refractivity contribution in [3.05, 3.63) is 87.6 Å². The van der Waals surface area contributed by atoms with E-state index in [0.29, 0.717) is 10.0 Å². The number of aryl methyl sites for hydroxylation is 1. The van der Waals surface area contributed by atoms with E-state index in [-0.39, 0.29) is 28.4 Å². The molecule has 2 amide bonds. The van der Waals surface area contributed by atoms with Crippen molar-refractivity contribution >= 4 is 43.4 Å². The van der Waals surface area contributed by atoms with Crippen LogP contribution >= 0.6 is 15.9 Å². The molecule has 0 bridgehead atoms. The Hall–Kier alpha value is -2.71. The molecule has 0 saturated carbocycles. The molecule has 0 fully saturated rings. The summed E-state index contributed by atoms with van der Waals surface area (Å²) in [6.07, 6.45) is 0. The standard InChI is InChI=1S/C22H18BrFN2O3S/c1-14-6-5-8-19(15(14)2)26-22(27)25(13-16-10-11-17(23)12-18(16)24)20-7-3-4-9-21(20)30(26,28)29/h3-12H,13H2,1-2H3. The Kier molecular flexibility index (Phi) is 5.15. The van der Waals surface area contributed by atoms with Gasteiger partial charge in [-0.2, -0.15) is 4.31 Å². The molecule has 8 heteroatoms. The van der Waals surface area contributed by atoms with Crippen molar-refractivity contribution in [2.45, 2.75) is 25.3 Å². The molecular formula is C22H18BrFN2O3S. The number of fused-ring (bicyclic) bond motifs is 1. The van der Waals surface area contributed by atoms with Gasteiger partial charge in [0.2, 0.25) is 0 Å². The minimum Gasteiger partial charge on any atom is -0.287 e. The summed E-state index contributed by atoms with van der Waals surface area (Å²) in [5.74, 6) is -0.485. The topological polar surface area (TPSA) is 57.7 Å². The van der Waals surface area contributed by atoms with Crippen LogP contribution in [0.1, 0.15) is 16.7 Å². The summed E-state index contributed by atoms with van der Waals surface area (Å²) in [5, 5.41) is 0. The van der Waals surface area contributed by atoms with Crippen LogP contribution in [0.5, 0.6) is 0 Å². The molecule has 1 heterocycles. The van der Waals surface area contributed by atoms with E-state index >= 15 is 0 Å². The fourth-order valence-electron chi connectivity index (χ4n) is 3.47. The highest BCUT2D eigenvalue weighted by atomic mass is 79.9. The second-order valence-electron chi connectivity index (χ2n) is 7.06. The summed E-state index contributed by atoms with van der Waals surface area (Å²) < 4.78 is 42.7. The SMILES string of the molecule is Cc1cccc(N2C(=O)N(Cc3ccc(Br)cc3F)c3ccccc3S2(=O)=O)c1C. The van der Waals surface area contributed by atoms with Crippen LogP contribution in [-0.2, 0) is 16.6 Å². The van der Waals surface area contributed by atoms with Crippen molar-refractivity contribution in [1.29, 1.82) is 0 Å². The number of hydrogen-bond acceptors (Lipinski definition) is 3. The van der Waals surface area contributed by atoms with Gasteiger partial charge >= 0.3 is 6.03 Å². The summed E-state index contributed by atoms with van der Waals surface area (Å²) >= 11 is 3.22. The summed E-state index contributed by atoms with van der Waals surface area (Å²) in [4.78, 5) is 14.8. The van der Waals surface area contributed by atoms with Crippen LogP contribution in [0.15, 0.2) is 70.0 Å². The molecule has 0 radical (unpaired) electrons. The molecule has 4 rings (SSSR count). The number of sulfonamides is 1. The summed E-state index contributed by atoms with van der Waals surface area (Å²) in [6.45, 7) is 3.52. The Balaban J connectivity index is 1.91. The maximum absolute atomic E-state index is 14.5. The van der Waals surface area contributed by atoms with Crippen molar-refractivity contribution in [3.8, 4) is 0 Å². The zero-order chi connectivity index (χ0) is 21.6. The molecule has 154 valence electrons. The molecular weight excluding hydrogens is 471 g/mol. The second-order valence-corrected chi connectivity index (χ2v) is 9.73. The third-order valence-corrected chi connectivity index (χ3v) is 7.45. The van der Waals surface area contributed by atoms with Crippen LogP contribution in [-0.4, -0.2) is 14.4 Å². The zero-order valence-electron chi connectivity index (χ0n) is 16.3. The summed E-state index contributed by atoms with van der Waals surface area (Å²) in [5.41, 5.74) is 2.34. The fraction of sp³-hybridized carbons (Fsp3) is 0.136. The molecule has 0 aromatic heterocycles. The summed E-state index contributed by atoms with van der Waals surface area (Å²) in [6, 6.07) is 15.2. The lowest BCUT2D eigenvalue weighted by molar-refractivity contribution is 0.253. The second kappa shape index (κ2) is 7.52. The van der Waals surface area contributed by atoms with Gasteiger partial charge in [-0.3, -0.25) is 4.90 Å². The molecule has 0 saturated heterocycles. The van der Waals surface area contributed by atoms with E-state index in [4.69, 9.17) is 0 Å². The average Bonchev–Trinajstić information content (AvgIpc) is 2.70. The van der Waals surface area contributed by atoms with Gasteiger partial charge in [-0.25, -0.2) is 17.6 Å². The van der Waals surface area contributed by atoms with Crippen LogP contribution in [0.4, 0.5) is 20.6 Å². The first-order valence-electron chi connectivity index (χ1n) is 9.18. The minimum atomic E-state index is -4.13. The van der Waals surface area contributed by atoms with Gasteiger partial charge in [0, 0.05) is 10.0 Å². The van der Waals surface area contributed by atoms with Crippen LogP contribution in [0, 0.1) is 19.7 Å². The largest absolute Gasteiger partial charge is 0.343 e. The number of hydrogen-bond donors (Lipinski definition) is 0. The Morgan fingerprint density at radius 2 is 1.67 bits per heavy atom. The Bertz CT molecular complexity index is 1280. The zero-order valence-corrected chi connectivity index (χ0v) is 18.7. The molecule has 0 aliphatic carbocycles. The van der Waals surface area contributed by atoms with Gasteiger partial charge in [-0.05, 0) is 55.3 Å². The van der Waals surface area contributed by atoms with Gasteiger partial charge in [0.1, 0.15) is 10.7 Å². The van der Waals surface area contributed by atoms with Gasteiger partial charge in [0.05, 0.1) is 17.9 Å². The van der Waals surface area contributed by atoms with E-state index in [1.54, 1.807) is 49.4 Å². The Morgan fingerprint density at radius 1 is 0.967 bits per heavy atom. The number of anilines is 2. The van der Waals surface area contributed by atoms with E-state index < -0.39 is 21.9 Å². The van der Waals surface area contributed by atoms with E-state index in [0.717, 1.165) is 9.87 Å². The number of nitrogens with zero attached hydrogens (tertiary/aromatic N) is 2. The van der Waals surface area contributed by atoms with Crippen molar-refractivity contribution in [1.82, 2.24) is 0 Å². The monoisotopic (exact) mass is 488 g/mol. The van der Waals surface area contributed by atoms with Crippen LogP contribution in [0.25, 0.3) is 0 Å². The predicted octanol–water partition coefficient (Wildman–Crippen LogP) is 5.54. The van der Waals surface area contributed by atoms with E-state index in [2.05, 4.69) is 15.9 Å². The lowest BCUT2D eigenvalue weighted by Gasteiger charge is -2.37. The molecule has 1 aliphatic heterocycles. The van der Waals surface area contributed by atoms with E-state index in [1.165, 1.54) is 17.0 Å². The highest BCUT2D eigenvalue weighted by Gasteiger charge is 2.43. The molecule has 3 aromatic rings. The van der Waals surface area contributed by atoms with Crippen molar-refractivity contribution in [2.75, 3.05) is 9.21 Å². The molecule has 3 aromatic carbocycles. The lowest BCUT2D eigenvalue weighted by Crippen LogP contribution is -2.51. The smallest absolute Gasteiger partial charge is 0.287 e. The van der Waals surface area contributed by atoms with Gasteiger partial charge in [-0.15, -0.1) is 0 Å². The highest BCUT2D eigenvalue weighted by molar-refractivity contribution is 9.10. The number of para-hydroxylation sites is 1. The molecule has 1 aliphatic rings.